The number of amides is 1. The number of thioether (sulfide) groups is 2. The monoisotopic (exact) mass is 399 g/mol. The van der Waals surface area contributed by atoms with Gasteiger partial charge in [0.2, 0.25) is 5.91 Å². The number of hydrogen-bond donors (Lipinski definition) is 2. The molecule has 0 aliphatic carbocycles. The molecule has 2 N–H and O–H groups in total. The Kier molecular flexibility index (Phi) is 6.30. The molecule has 1 amide bonds. The minimum atomic E-state index is -0.375. The van der Waals surface area contributed by atoms with E-state index in [9.17, 15) is 9.59 Å². The van der Waals surface area contributed by atoms with Crippen molar-refractivity contribution in [3.05, 3.63) is 62.6 Å². The first-order chi connectivity index (χ1) is 13.0. The molecule has 3 rings (SSSR count). The third-order valence-electron chi connectivity index (χ3n) is 4.59. The Morgan fingerprint density at radius 2 is 2.07 bits per heavy atom. The summed E-state index contributed by atoms with van der Waals surface area (Å²) in [5.74, 6) is 2.24. The minimum absolute atomic E-state index is 0.0811. The highest BCUT2D eigenvalue weighted by Gasteiger charge is 2.19. The van der Waals surface area contributed by atoms with Gasteiger partial charge in [-0.05, 0) is 49.1 Å². The molecule has 1 aliphatic heterocycles. The van der Waals surface area contributed by atoms with Crippen molar-refractivity contribution in [3.8, 4) is 6.07 Å². The molecule has 0 spiro atoms. The summed E-state index contributed by atoms with van der Waals surface area (Å²) in [6.45, 7) is 3.55. The maximum atomic E-state index is 12.4. The van der Waals surface area contributed by atoms with Gasteiger partial charge in [0.15, 0.2) is 0 Å². The molecule has 5 nitrogen and oxygen atoms in total. The van der Waals surface area contributed by atoms with Crippen molar-refractivity contribution < 1.29 is 4.79 Å². The van der Waals surface area contributed by atoms with Crippen molar-refractivity contribution in [1.29, 1.82) is 5.26 Å². The number of hydrogen-bond acceptors (Lipinski definition) is 5. The van der Waals surface area contributed by atoms with Gasteiger partial charge < -0.3 is 10.3 Å². The van der Waals surface area contributed by atoms with E-state index < -0.39 is 0 Å². The van der Waals surface area contributed by atoms with E-state index in [0.717, 1.165) is 22.8 Å². The first kappa shape index (κ1) is 19.6. The van der Waals surface area contributed by atoms with Crippen LogP contribution in [0.5, 0.6) is 0 Å². The van der Waals surface area contributed by atoms with E-state index in [2.05, 4.69) is 16.4 Å². The predicted octanol–water partition coefficient (Wildman–Crippen LogP) is 3.91. The molecule has 0 saturated carbocycles. The molecule has 2 heterocycles. The summed E-state index contributed by atoms with van der Waals surface area (Å²) in [7, 11) is 0. The number of anilines is 1. The van der Waals surface area contributed by atoms with E-state index in [4.69, 9.17) is 5.26 Å². The molecule has 1 aliphatic rings. The van der Waals surface area contributed by atoms with Crippen LogP contribution < -0.4 is 10.9 Å². The second kappa shape index (κ2) is 8.68. The highest BCUT2D eigenvalue weighted by Crippen LogP contribution is 2.45. The Labute approximate surface area is 166 Å². The van der Waals surface area contributed by atoms with Crippen LogP contribution in [-0.4, -0.2) is 22.4 Å². The predicted molar refractivity (Wildman–Crippen MR) is 112 cm³/mol. The fraction of sp³-hybridized carbons (Fsp3) is 0.350. The van der Waals surface area contributed by atoms with E-state index in [0.29, 0.717) is 22.3 Å². The van der Waals surface area contributed by atoms with Gasteiger partial charge >= 0.3 is 0 Å². The average molecular weight is 400 g/mol. The van der Waals surface area contributed by atoms with Crippen molar-refractivity contribution in [2.75, 3.05) is 16.8 Å². The van der Waals surface area contributed by atoms with Gasteiger partial charge in [-0.3, -0.25) is 9.59 Å². The van der Waals surface area contributed by atoms with Crippen molar-refractivity contribution in [2.45, 2.75) is 31.3 Å². The van der Waals surface area contributed by atoms with Crippen LogP contribution in [0.2, 0.25) is 0 Å². The zero-order chi connectivity index (χ0) is 19.4. The molecule has 7 heteroatoms. The standard InChI is InChI=1S/C20H21N3O2S2/c1-12-16(13(2)22-19(25)17(12)11-21)6-7-18(24)23-15-5-3-4-14(10-15)20-26-8-9-27-20/h3-5,10,20H,6-9H2,1-2H3,(H,22,25)(H,23,24). The summed E-state index contributed by atoms with van der Waals surface area (Å²) >= 11 is 3.87. The van der Waals surface area contributed by atoms with E-state index in [1.54, 1.807) is 13.8 Å². The number of nitriles is 1. The summed E-state index contributed by atoms with van der Waals surface area (Å²) in [5, 5.41) is 12.1. The third-order valence-corrected chi connectivity index (χ3v) is 7.69. The van der Waals surface area contributed by atoms with Crippen LogP contribution in [-0.2, 0) is 11.2 Å². The molecule has 2 aromatic rings. The van der Waals surface area contributed by atoms with Crippen LogP contribution in [0.4, 0.5) is 5.69 Å². The molecule has 1 saturated heterocycles. The molecule has 0 bridgehead atoms. The Hall–Kier alpha value is -2.17. The smallest absolute Gasteiger partial charge is 0.266 e. The van der Waals surface area contributed by atoms with Crippen LogP contribution in [0, 0.1) is 25.2 Å². The summed E-state index contributed by atoms with van der Waals surface area (Å²) in [4.78, 5) is 26.9. The van der Waals surface area contributed by atoms with Gasteiger partial charge in [-0.2, -0.15) is 5.26 Å². The van der Waals surface area contributed by atoms with Gasteiger partial charge in [0.25, 0.3) is 5.56 Å². The summed E-state index contributed by atoms with van der Waals surface area (Å²) < 4.78 is 0.442. The topological polar surface area (TPSA) is 85.8 Å². The quantitative estimate of drug-likeness (QED) is 0.796. The maximum absolute atomic E-state index is 12.4. The number of pyridine rings is 1. The van der Waals surface area contributed by atoms with Crippen LogP contribution in [0.1, 0.15) is 39.0 Å². The van der Waals surface area contributed by atoms with E-state index in [1.165, 1.54) is 5.56 Å². The van der Waals surface area contributed by atoms with Crippen LogP contribution in [0.25, 0.3) is 0 Å². The highest BCUT2D eigenvalue weighted by atomic mass is 32.2. The van der Waals surface area contributed by atoms with Crippen molar-refractivity contribution >= 4 is 35.1 Å². The first-order valence-corrected chi connectivity index (χ1v) is 10.8. The molecular formula is C20H21N3O2S2. The minimum Gasteiger partial charge on any atom is -0.326 e. The second-order valence-electron chi connectivity index (χ2n) is 6.42. The molecule has 0 radical (unpaired) electrons. The van der Waals surface area contributed by atoms with Gasteiger partial charge in [0.1, 0.15) is 11.6 Å². The van der Waals surface area contributed by atoms with Crippen molar-refractivity contribution in [2.24, 2.45) is 0 Å². The summed E-state index contributed by atoms with van der Waals surface area (Å²) in [5.41, 5.74) is 4.00. The molecule has 1 aromatic carbocycles. The SMILES string of the molecule is Cc1[nH]c(=O)c(C#N)c(C)c1CCC(=O)Nc1cccc(C2SCCS2)c1. The molecule has 27 heavy (non-hydrogen) atoms. The molecule has 0 atom stereocenters. The Balaban J connectivity index is 1.66. The Morgan fingerprint density at radius 3 is 2.78 bits per heavy atom. The van der Waals surface area contributed by atoms with E-state index in [-0.39, 0.29) is 23.5 Å². The molecular weight excluding hydrogens is 378 g/mol. The zero-order valence-corrected chi connectivity index (χ0v) is 16.9. The number of rotatable bonds is 5. The lowest BCUT2D eigenvalue weighted by atomic mass is 9.99. The number of aryl methyl sites for hydroxylation is 1. The normalized spacial score (nSPS) is 14.1. The third kappa shape index (κ3) is 4.57. The number of nitrogens with one attached hydrogen (secondary N) is 2. The molecule has 1 aromatic heterocycles. The first-order valence-electron chi connectivity index (χ1n) is 8.75. The van der Waals surface area contributed by atoms with Gasteiger partial charge in [0, 0.05) is 29.3 Å². The second-order valence-corrected chi connectivity index (χ2v) is 9.14. The van der Waals surface area contributed by atoms with Crippen LogP contribution >= 0.6 is 23.5 Å². The lowest BCUT2D eigenvalue weighted by Crippen LogP contribution is -2.18. The van der Waals surface area contributed by atoms with Crippen molar-refractivity contribution in [3.63, 3.8) is 0 Å². The highest BCUT2D eigenvalue weighted by molar-refractivity contribution is 8.19. The van der Waals surface area contributed by atoms with Crippen LogP contribution in [0.15, 0.2) is 29.1 Å². The fourth-order valence-corrected chi connectivity index (χ4v) is 6.03. The maximum Gasteiger partial charge on any atom is 0.266 e. The van der Waals surface area contributed by atoms with Gasteiger partial charge in [-0.15, -0.1) is 23.5 Å². The Bertz CT molecular complexity index is 957. The number of nitrogens with zero attached hydrogens (tertiary/aromatic N) is 1. The van der Waals surface area contributed by atoms with Crippen molar-refractivity contribution in [1.82, 2.24) is 4.98 Å². The lowest BCUT2D eigenvalue weighted by molar-refractivity contribution is -0.116. The van der Waals surface area contributed by atoms with Gasteiger partial charge in [-0.1, -0.05) is 12.1 Å². The summed E-state index contributed by atoms with van der Waals surface area (Å²) in [6.07, 6.45) is 0.763. The number of carbonyl (C=O) groups excluding carboxylic acids is 1. The largest absolute Gasteiger partial charge is 0.326 e. The number of carbonyl (C=O) groups is 1. The lowest BCUT2D eigenvalue weighted by Gasteiger charge is -2.12. The zero-order valence-electron chi connectivity index (χ0n) is 15.3. The van der Waals surface area contributed by atoms with Gasteiger partial charge in [-0.25, -0.2) is 0 Å². The number of aromatic nitrogens is 1. The number of benzene rings is 1. The molecule has 1 fully saturated rings. The average Bonchev–Trinajstić information content (AvgIpc) is 3.16. The molecule has 0 unspecified atom stereocenters. The van der Waals surface area contributed by atoms with Crippen LogP contribution in [0.3, 0.4) is 0 Å². The number of aromatic amines is 1. The van der Waals surface area contributed by atoms with E-state index >= 15 is 0 Å². The van der Waals surface area contributed by atoms with E-state index in [1.807, 2.05) is 47.8 Å². The number of H-pyrrole nitrogens is 1. The molecule has 140 valence electrons. The summed E-state index contributed by atoms with van der Waals surface area (Å²) in [6, 6.07) is 9.95. The van der Waals surface area contributed by atoms with Gasteiger partial charge in [0.05, 0.1) is 4.58 Å². The fourth-order valence-electron chi connectivity index (χ4n) is 3.20. The Morgan fingerprint density at radius 1 is 1.33 bits per heavy atom.